The molecular formula is C10H14BrNO. The van der Waals surface area contributed by atoms with Gasteiger partial charge in [-0.3, -0.25) is 0 Å². The van der Waals surface area contributed by atoms with Crippen LogP contribution < -0.4 is 5.73 Å². The molecule has 1 rings (SSSR count). The molecule has 0 aliphatic rings. The number of benzene rings is 1. The van der Waals surface area contributed by atoms with Crippen LogP contribution in [0.4, 0.5) is 0 Å². The van der Waals surface area contributed by atoms with Crippen LogP contribution in [0, 0.1) is 0 Å². The molecule has 0 aliphatic carbocycles. The van der Waals surface area contributed by atoms with Crippen molar-refractivity contribution in [2.75, 3.05) is 6.54 Å². The maximum atomic E-state index is 9.57. The molecule has 0 saturated heterocycles. The fourth-order valence-corrected chi connectivity index (χ4v) is 1.70. The second-order valence-corrected chi connectivity index (χ2v) is 4.10. The summed E-state index contributed by atoms with van der Waals surface area (Å²) in [7, 11) is 0. The van der Waals surface area contributed by atoms with Gasteiger partial charge in [0.05, 0.1) is 0 Å². The average molecular weight is 244 g/mol. The van der Waals surface area contributed by atoms with Crippen molar-refractivity contribution in [3.05, 3.63) is 28.2 Å². The molecule has 3 heteroatoms. The number of hydrogen-bond acceptors (Lipinski definition) is 2. The summed E-state index contributed by atoms with van der Waals surface area (Å²) >= 11 is 3.37. The fourth-order valence-electron chi connectivity index (χ4n) is 1.33. The van der Waals surface area contributed by atoms with Crippen molar-refractivity contribution in [1.82, 2.24) is 0 Å². The van der Waals surface area contributed by atoms with Crippen molar-refractivity contribution in [1.29, 1.82) is 0 Å². The lowest BCUT2D eigenvalue weighted by Crippen LogP contribution is -2.04. The molecule has 1 aromatic carbocycles. The Morgan fingerprint density at radius 3 is 2.85 bits per heavy atom. The van der Waals surface area contributed by atoms with Crippen molar-refractivity contribution >= 4 is 15.9 Å². The summed E-state index contributed by atoms with van der Waals surface area (Å²) in [5.74, 6) is 0.659. The Hall–Kier alpha value is -0.540. The summed E-state index contributed by atoms with van der Waals surface area (Å²) in [5, 5.41) is 9.57. The zero-order valence-corrected chi connectivity index (χ0v) is 9.21. The lowest BCUT2D eigenvalue weighted by atomic mass is 9.97. The molecule has 1 aromatic rings. The van der Waals surface area contributed by atoms with E-state index < -0.39 is 0 Å². The molecular weight excluding hydrogens is 230 g/mol. The van der Waals surface area contributed by atoms with Gasteiger partial charge in [0.1, 0.15) is 5.75 Å². The summed E-state index contributed by atoms with van der Waals surface area (Å²) in [6, 6.07) is 5.47. The quantitative estimate of drug-likeness (QED) is 0.858. The lowest BCUT2D eigenvalue weighted by Gasteiger charge is -2.12. The molecule has 0 fully saturated rings. The van der Waals surface area contributed by atoms with Crippen LogP contribution in [0.3, 0.4) is 0 Å². The Balaban J connectivity index is 2.91. The topological polar surface area (TPSA) is 46.2 Å². The first-order chi connectivity index (χ1) is 6.15. The highest BCUT2D eigenvalue weighted by Crippen LogP contribution is 2.30. The van der Waals surface area contributed by atoms with Crippen LogP contribution in [0.5, 0.6) is 5.75 Å². The van der Waals surface area contributed by atoms with E-state index in [0.717, 1.165) is 16.5 Å². The summed E-state index contributed by atoms with van der Waals surface area (Å²) in [5.41, 5.74) is 6.42. The van der Waals surface area contributed by atoms with Crippen LogP contribution in [0.25, 0.3) is 0 Å². The summed E-state index contributed by atoms with van der Waals surface area (Å²) in [6.07, 6.45) is 0.893. The standard InChI is InChI=1S/C10H14BrNO/c1-7(4-5-12)9-6-8(11)2-3-10(9)13/h2-3,6-7,13H,4-5,12H2,1H3. The number of nitrogens with two attached hydrogens (primary N) is 1. The van der Waals surface area contributed by atoms with E-state index in [2.05, 4.69) is 22.9 Å². The molecule has 1 unspecified atom stereocenters. The highest BCUT2D eigenvalue weighted by Gasteiger charge is 2.09. The Morgan fingerprint density at radius 2 is 2.23 bits per heavy atom. The van der Waals surface area contributed by atoms with E-state index >= 15 is 0 Å². The molecule has 2 nitrogen and oxygen atoms in total. The Bertz CT molecular complexity index is 288. The van der Waals surface area contributed by atoms with Gasteiger partial charge in [-0.25, -0.2) is 0 Å². The highest BCUT2D eigenvalue weighted by molar-refractivity contribution is 9.10. The summed E-state index contributed by atoms with van der Waals surface area (Å²) < 4.78 is 0.990. The van der Waals surface area contributed by atoms with Gasteiger partial charge in [-0.1, -0.05) is 22.9 Å². The first kappa shape index (κ1) is 10.5. The number of aromatic hydroxyl groups is 1. The molecule has 0 aliphatic heterocycles. The van der Waals surface area contributed by atoms with E-state index in [1.54, 1.807) is 6.07 Å². The Morgan fingerprint density at radius 1 is 1.54 bits per heavy atom. The van der Waals surface area contributed by atoms with E-state index in [1.165, 1.54) is 0 Å². The molecule has 0 aromatic heterocycles. The minimum absolute atomic E-state index is 0.308. The number of phenolic OH excluding ortho intramolecular Hbond substituents is 1. The second-order valence-electron chi connectivity index (χ2n) is 3.18. The van der Waals surface area contributed by atoms with Crippen LogP contribution in [0.2, 0.25) is 0 Å². The van der Waals surface area contributed by atoms with Crippen LogP contribution in [0.15, 0.2) is 22.7 Å². The third-order valence-electron chi connectivity index (χ3n) is 2.12. The number of hydrogen-bond donors (Lipinski definition) is 2. The smallest absolute Gasteiger partial charge is 0.119 e. The first-order valence-corrected chi connectivity index (χ1v) is 5.13. The van der Waals surface area contributed by atoms with Gasteiger partial charge in [-0.15, -0.1) is 0 Å². The number of halogens is 1. The Labute approximate surface area is 86.9 Å². The van der Waals surface area contributed by atoms with Gasteiger partial charge in [-0.2, -0.15) is 0 Å². The van der Waals surface area contributed by atoms with Gasteiger partial charge < -0.3 is 10.8 Å². The maximum absolute atomic E-state index is 9.57. The fraction of sp³-hybridized carbons (Fsp3) is 0.400. The van der Waals surface area contributed by atoms with Gasteiger partial charge in [0, 0.05) is 4.47 Å². The van der Waals surface area contributed by atoms with E-state index in [-0.39, 0.29) is 0 Å². The molecule has 72 valence electrons. The first-order valence-electron chi connectivity index (χ1n) is 4.33. The molecule has 0 spiro atoms. The van der Waals surface area contributed by atoms with Gasteiger partial charge in [0.2, 0.25) is 0 Å². The molecule has 0 heterocycles. The molecule has 0 radical (unpaired) electrons. The number of phenols is 1. The largest absolute Gasteiger partial charge is 0.508 e. The van der Waals surface area contributed by atoms with Gasteiger partial charge >= 0.3 is 0 Å². The SMILES string of the molecule is CC(CCN)c1cc(Br)ccc1O. The molecule has 3 N–H and O–H groups in total. The van der Waals surface area contributed by atoms with Crippen molar-refractivity contribution in [3.8, 4) is 5.75 Å². The third-order valence-corrected chi connectivity index (χ3v) is 2.61. The predicted molar refractivity (Wildman–Crippen MR) is 57.9 cm³/mol. The van der Waals surface area contributed by atoms with Crippen molar-refractivity contribution in [2.45, 2.75) is 19.3 Å². The van der Waals surface area contributed by atoms with Crippen LogP contribution >= 0.6 is 15.9 Å². The summed E-state index contributed by atoms with van der Waals surface area (Å²) in [6.45, 7) is 2.71. The minimum Gasteiger partial charge on any atom is -0.508 e. The summed E-state index contributed by atoms with van der Waals surface area (Å²) in [4.78, 5) is 0. The number of rotatable bonds is 3. The normalized spacial score (nSPS) is 12.8. The van der Waals surface area contributed by atoms with Gasteiger partial charge in [0.25, 0.3) is 0 Å². The molecule has 0 amide bonds. The van der Waals surface area contributed by atoms with Crippen LogP contribution in [-0.4, -0.2) is 11.7 Å². The lowest BCUT2D eigenvalue weighted by molar-refractivity contribution is 0.461. The maximum Gasteiger partial charge on any atom is 0.119 e. The third kappa shape index (κ3) is 2.71. The highest BCUT2D eigenvalue weighted by atomic mass is 79.9. The van der Waals surface area contributed by atoms with E-state index in [9.17, 15) is 5.11 Å². The van der Waals surface area contributed by atoms with Crippen molar-refractivity contribution < 1.29 is 5.11 Å². The zero-order valence-electron chi connectivity index (χ0n) is 7.63. The molecule has 0 bridgehead atoms. The molecule has 13 heavy (non-hydrogen) atoms. The van der Waals surface area contributed by atoms with E-state index in [0.29, 0.717) is 18.2 Å². The van der Waals surface area contributed by atoms with Crippen LogP contribution in [-0.2, 0) is 0 Å². The van der Waals surface area contributed by atoms with Crippen molar-refractivity contribution in [3.63, 3.8) is 0 Å². The van der Waals surface area contributed by atoms with Crippen LogP contribution in [0.1, 0.15) is 24.8 Å². The Kier molecular flexibility index (Phi) is 3.75. The monoisotopic (exact) mass is 243 g/mol. The second kappa shape index (κ2) is 4.63. The van der Waals surface area contributed by atoms with Gasteiger partial charge in [-0.05, 0) is 42.6 Å². The van der Waals surface area contributed by atoms with Crippen molar-refractivity contribution in [2.24, 2.45) is 5.73 Å². The minimum atomic E-state index is 0.308. The van der Waals surface area contributed by atoms with E-state index in [1.807, 2.05) is 12.1 Å². The molecule has 0 saturated carbocycles. The zero-order chi connectivity index (χ0) is 9.84. The predicted octanol–water partition coefficient (Wildman–Crippen LogP) is 2.61. The van der Waals surface area contributed by atoms with E-state index in [4.69, 9.17) is 5.73 Å². The molecule has 1 atom stereocenters. The van der Waals surface area contributed by atoms with Gasteiger partial charge in [0.15, 0.2) is 0 Å². The average Bonchev–Trinajstić information content (AvgIpc) is 2.09.